The highest BCUT2D eigenvalue weighted by molar-refractivity contribution is 5.94. The van der Waals surface area contributed by atoms with E-state index >= 15 is 0 Å². The van der Waals surface area contributed by atoms with E-state index in [9.17, 15) is 22.8 Å². The monoisotopic (exact) mass is 395 g/mol. The number of carbonyl (C=O) groups excluding carboxylic acids is 2. The third-order valence-corrected chi connectivity index (χ3v) is 4.02. The number of amides is 1. The van der Waals surface area contributed by atoms with Crippen molar-refractivity contribution >= 4 is 11.7 Å². The normalized spacial score (nSPS) is 12.4. The Kier molecular flexibility index (Phi) is 6.71. The topological polar surface area (TPSA) is 72.4 Å². The van der Waals surface area contributed by atoms with Gasteiger partial charge in [0.05, 0.1) is 6.04 Å². The van der Waals surface area contributed by atoms with Gasteiger partial charge in [-0.2, -0.15) is 13.2 Å². The van der Waals surface area contributed by atoms with Gasteiger partial charge in [0.2, 0.25) is 5.88 Å². The molecule has 2 rings (SSSR count). The summed E-state index contributed by atoms with van der Waals surface area (Å²) in [6.45, 7) is 1.79. The van der Waals surface area contributed by atoms with Gasteiger partial charge in [-0.05, 0) is 31.5 Å². The van der Waals surface area contributed by atoms with Gasteiger partial charge in [-0.25, -0.2) is 4.98 Å². The number of ketones is 1. The van der Waals surface area contributed by atoms with Crippen molar-refractivity contribution in [2.75, 3.05) is 13.7 Å². The molecule has 1 unspecified atom stereocenters. The van der Waals surface area contributed by atoms with Gasteiger partial charge in [-0.1, -0.05) is 6.07 Å². The van der Waals surface area contributed by atoms with Crippen molar-refractivity contribution in [1.29, 1.82) is 0 Å². The van der Waals surface area contributed by atoms with Crippen LogP contribution in [0.25, 0.3) is 0 Å². The van der Waals surface area contributed by atoms with Crippen LogP contribution in [0.15, 0.2) is 36.7 Å². The molecule has 0 aliphatic carbocycles. The maximum Gasteiger partial charge on any atom is 0.422 e. The lowest BCUT2D eigenvalue weighted by Gasteiger charge is -2.25. The molecule has 2 aromatic heterocycles. The van der Waals surface area contributed by atoms with Gasteiger partial charge in [0.15, 0.2) is 6.61 Å². The molecule has 1 amide bonds. The average molecular weight is 395 g/mol. The summed E-state index contributed by atoms with van der Waals surface area (Å²) in [5.41, 5.74) is 1.53. The number of aromatic nitrogens is 2. The molecule has 0 aliphatic heterocycles. The quantitative estimate of drug-likeness (QED) is 0.719. The van der Waals surface area contributed by atoms with Crippen LogP contribution < -0.4 is 4.74 Å². The van der Waals surface area contributed by atoms with Crippen LogP contribution in [0.5, 0.6) is 5.88 Å². The fourth-order valence-electron chi connectivity index (χ4n) is 2.45. The van der Waals surface area contributed by atoms with Crippen LogP contribution in [-0.4, -0.2) is 46.4 Å². The summed E-state index contributed by atoms with van der Waals surface area (Å²) in [4.78, 5) is 33.4. The third-order valence-electron chi connectivity index (χ3n) is 4.02. The molecule has 2 aromatic rings. The molecule has 0 aromatic carbocycles. The Labute approximate surface area is 160 Å². The maximum absolute atomic E-state index is 12.7. The Hall–Kier alpha value is -2.97. The number of alkyl halides is 3. The molecule has 28 heavy (non-hydrogen) atoms. The van der Waals surface area contributed by atoms with Gasteiger partial charge in [0.1, 0.15) is 5.78 Å². The minimum atomic E-state index is -4.44. The van der Waals surface area contributed by atoms with Crippen LogP contribution in [0, 0.1) is 0 Å². The second kappa shape index (κ2) is 8.81. The van der Waals surface area contributed by atoms with Crippen LogP contribution >= 0.6 is 0 Å². The molecule has 9 heteroatoms. The number of hydrogen-bond donors (Lipinski definition) is 0. The number of hydrogen-bond acceptors (Lipinski definition) is 5. The molecule has 0 N–H and O–H groups in total. The zero-order valence-electron chi connectivity index (χ0n) is 15.7. The molecule has 0 saturated carbocycles. The molecule has 0 bridgehead atoms. The van der Waals surface area contributed by atoms with Gasteiger partial charge < -0.3 is 9.64 Å². The van der Waals surface area contributed by atoms with E-state index in [4.69, 9.17) is 0 Å². The molecule has 2 heterocycles. The summed E-state index contributed by atoms with van der Waals surface area (Å²) in [6, 6.07) is 5.62. The fraction of sp³-hybridized carbons (Fsp3) is 0.368. The van der Waals surface area contributed by atoms with Gasteiger partial charge in [0, 0.05) is 43.2 Å². The number of carbonyl (C=O) groups is 2. The average Bonchev–Trinajstić information content (AvgIpc) is 2.64. The van der Waals surface area contributed by atoms with Crippen molar-refractivity contribution in [2.45, 2.75) is 32.5 Å². The van der Waals surface area contributed by atoms with Crippen molar-refractivity contribution in [2.24, 2.45) is 0 Å². The Bertz CT molecular complexity index is 838. The van der Waals surface area contributed by atoms with E-state index in [2.05, 4.69) is 14.7 Å². The number of nitrogens with zero attached hydrogens (tertiary/aromatic N) is 3. The second-order valence-electron chi connectivity index (χ2n) is 6.34. The van der Waals surface area contributed by atoms with Gasteiger partial charge in [-0.3, -0.25) is 14.6 Å². The third kappa shape index (κ3) is 6.04. The Morgan fingerprint density at radius 2 is 1.93 bits per heavy atom. The number of ether oxygens (including phenoxy) is 1. The standard InChI is InChI=1S/C19H20F3N3O3/c1-12(26)8-16-9-14(6-7-23-16)18(27)25(3)13(2)15-4-5-17(24-10-15)28-11-19(20,21)22/h4-7,9-10,13H,8,11H2,1-3H3. The molecule has 0 radical (unpaired) electrons. The molecule has 150 valence electrons. The largest absolute Gasteiger partial charge is 0.468 e. The zero-order valence-corrected chi connectivity index (χ0v) is 15.7. The van der Waals surface area contributed by atoms with Gasteiger partial charge >= 0.3 is 6.18 Å². The molecule has 0 spiro atoms. The molecular weight excluding hydrogens is 375 g/mol. The molecule has 0 aliphatic rings. The van der Waals surface area contributed by atoms with Crippen molar-refractivity contribution < 1.29 is 27.5 Å². The van der Waals surface area contributed by atoms with Crippen molar-refractivity contribution in [3.8, 4) is 5.88 Å². The van der Waals surface area contributed by atoms with Gasteiger partial charge in [-0.15, -0.1) is 0 Å². The van der Waals surface area contributed by atoms with E-state index in [1.807, 2.05) is 0 Å². The smallest absolute Gasteiger partial charge is 0.422 e. The minimum absolute atomic E-state index is 0.0577. The molecular formula is C19H20F3N3O3. The van der Waals surface area contributed by atoms with Crippen molar-refractivity contribution in [3.63, 3.8) is 0 Å². The number of halogens is 3. The highest BCUT2D eigenvalue weighted by atomic mass is 19.4. The van der Waals surface area contributed by atoms with E-state index in [-0.39, 0.29) is 30.0 Å². The van der Waals surface area contributed by atoms with E-state index in [1.54, 1.807) is 32.2 Å². The maximum atomic E-state index is 12.7. The predicted octanol–water partition coefficient (Wildman–Crippen LogP) is 3.38. The summed E-state index contributed by atoms with van der Waals surface area (Å²) in [5, 5.41) is 0. The highest BCUT2D eigenvalue weighted by Crippen LogP contribution is 2.23. The summed E-state index contributed by atoms with van der Waals surface area (Å²) in [5.74, 6) is -0.486. The lowest BCUT2D eigenvalue weighted by Crippen LogP contribution is -2.30. The SMILES string of the molecule is CC(=O)Cc1cc(C(=O)N(C)C(C)c2ccc(OCC(F)(F)F)nc2)ccn1. The molecule has 6 nitrogen and oxygen atoms in total. The van der Waals surface area contributed by atoms with Crippen LogP contribution in [-0.2, 0) is 11.2 Å². The highest BCUT2D eigenvalue weighted by Gasteiger charge is 2.28. The van der Waals surface area contributed by atoms with Crippen molar-refractivity contribution in [1.82, 2.24) is 14.9 Å². The van der Waals surface area contributed by atoms with Crippen LogP contribution in [0.1, 0.15) is 41.5 Å². The first-order chi connectivity index (χ1) is 13.1. The Balaban J connectivity index is 2.08. The number of pyridine rings is 2. The molecule has 1 atom stereocenters. The van der Waals surface area contributed by atoms with Crippen LogP contribution in [0.4, 0.5) is 13.2 Å². The zero-order chi connectivity index (χ0) is 20.9. The summed E-state index contributed by atoms with van der Waals surface area (Å²) in [6.07, 6.45) is -1.46. The molecule has 0 saturated heterocycles. The fourth-order valence-corrected chi connectivity index (χ4v) is 2.45. The van der Waals surface area contributed by atoms with Crippen LogP contribution in [0.3, 0.4) is 0 Å². The first-order valence-corrected chi connectivity index (χ1v) is 8.44. The summed E-state index contributed by atoms with van der Waals surface area (Å²) < 4.78 is 41.1. The number of rotatable bonds is 7. The Morgan fingerprint density at radius 3 is 2.50 bits per heavy atom. The van der Waals surface area contributed by atoms with Gasteiger partial charge in [0.25, 0.3) is 5.91 Å². The van der Waals surface area contributed by atoms with Crippen molar-refractivity contribution in [3.05, 3.63) is 53.5 Å². The molecule has 0 fully saturated rings. The van der Waals surface area contributed by atoms with E-state index < -0.39 is 12.8 Å². The summed E-state index contributed by atoms with van der Waals surface area (Å²) >= 11 is 0. The van der Waals surface area contributed by atoms with E-state index in [1.165, 1.54) is 30.3 Å². The first kappa shape index (κ1) is 21.3. The van der Waals surface area contributed by atoms with Crippen LogP contribution in [0.2, 0.25) is 0 Å². The second-order valence-corrected chi connectivity index (χ2v) is 6.34. The summed E-state index contributed by atoms with van der Waals surface area (Å²) in [7, 11) is 1.60. The lowest BCUT2D eigenvalue weighted by molar-refractivity contribution is -0.154. The minimum Gasteiger partial charge on any atom is -0.468 e. The number of Topliss-reactive ketones (excluding diaryl/α,β-unsaturated/α-hetero) is 1. The predicted molar refractivity (Wildman–Crippen MR) is 94.9 cm³/mol. The van der Waals surface area contributed by atoms with E-state index in [0.717, 1.165) is 0 Å². The Morgan fingerprint density at radius 1 is 1.21 bits per heavy atom. The lowest BCUT2D eigenvalue weighted by atomic mass is 10.1. The van der Waals surface area contributed by atoms with E-state index in [0.29, 0.717) is 16.8 Å². The first-order valence-electron chi connectivity index (χ1n) is 8.44.